The van der Waals surface area contributed by atoms with Crippen LogP contribution in [0.5, 0.6) is 0 Å². The quantitative estimate of drug-likeness (QED) is 0.536. The van der Waals surface area contributed by atoms with Crippen LogP contribution in [-0.2, 0) is 0 Å². The number of hydrogen-bond donors (Lipinski definition) is 0. The first-order chi connectivity index (χ1) is 7.22. The summed E-state index contributed by atoms with van der Waals surface area (Å²) in [6.07, 6.45) is 2.64. The van der Waals surface area contributed by atoms with E-state index in [0.717, 1.165) is 0 Å². The first kappa shape index (κ1) is 16.1. The molecular weight excluding hydrogens is 190 g/mol. The molecule has 0 amide bonds. The fourth-order valence-electron chi connectivity index (χ4n) is 0.550. The van der Waals surface area contributed by atoms with E-state index in [4.69, 9.17) is 0 Å². The lowest BCUT2D eigenvalue weighted by molar-refractivity contribution is -0.384. The number of nitrogens with zero attached hydrogens (tertiary/aromatic N) is 1. The summed E-state index contributed by atoms with van der Waals surface area (Å²) in [6, 6.07) is 7.93. The second-order valence-corrected chi connectivity index (χ2v) is 2.59. The molecule has 15 heavy (non-hydrogen) atoms. The maximum absolute atomic E-state index is 10.0. The van der Waals surface area contributed by atoms with Gasteiger partial charge in [0.1, 0.15) is 0 Å². The molecule has 0 bridgehead atoms. The molecule has 0 fully saturated rings. The highest BCUT2D eigenvalue weighted by atomic mass is 16.6. The van der Waals surface area contributed by atoms with E-state index in [1.807, 2.05) is 13.8 Å². The minimum Gasteiger partial charge on any atom is -0.258 e. The van der Waals surface area contributed by atoms with Crippen LogP contribution in [-0.4, -0.2) is 4.92 Å². The summed E-state index contributed by atoms with van der Waals surface area (Å²) in [7, 11) is 0. The summed E-state index contributed by atoms with van der Waals surface area (Å²) in [5.74, 6) is 0. The van der Waals surface area contributed by atoms with Gasteiger partial charge in [-0.25, -0.2) is 0 Å². The topological polar surface area (TPSA) is 43.1 Å². The average Bonchev–Trinajstić information content (AvgIpc) is 2.33. The Labute approximate surface area is 92.3 Å². The molecule has 0 N–H and O–H groups in total. The largest absolute Gasteiger partial charge is 0.269 e. The summed E-state index contributed by atoms with van der Waals surface area (Å²) in [6.45, 7) is 8.36. The van der Waals surface area contributed by atoms with Crippen molar-refractivity contribution in [1.82, 2.24) is 0 Å². The van der Waals surface area contributed by atoms with Crippen molar-refractivity contribution < 1.29 is 4.92 Å². The monoisotopic (exact) mass is 211 g/mol. The van der Waals surface area contributed by atoms with Crippen LogP contribution in [0.15, 0.2) is 30.3 Å². The van der Waals surface area contributed by atoms with Gasteiger partial charge in [0.2, 0.25) is 0 Å². The van der Waals surface area contributed by atoms with E-state index in [2.05, 4.69) is 13.8 Å². The minimum atomic E-state index is -0.417. The zero-order chi connectivity index (χ0) is 12.1. The number of rotatable bonds is 2. The van der Waals surface area contributed by atoms with Crippen molar-refractivity contribution in [3.8, 4) is 0 Å². The molecule has 86 valence electrons. The molecule has 0 radical (unpaired) electrons. The molecule has 1 rings (SSSR count). The van der Waals surface area contributed by atoms with Crippen LogP contribution in [0.3, 0.4) is 0 Å². The molecule has 0 atom stereocenters. The molecule has 0 aliphatic rings. The molecule has 0 aliphatic heterocycles. The fourth-order valence-corrected chi connectivity index (χ4v) is 0.550. The maximum atomic E-state index is 10.0. The number of para-hydroxylation sites is 1. The Balaban J connectivity index is 0. The van der Waals surface area contributed by atoms with Crippen LogP contribution in [0.2, 0.25) is 0 Å². The SMILES string of the molecule is CC.CCCC.O=[N+]([O-])c1ccccc1. The summed E-state index contributed by atoms with van der Waals surface area (Å²) >= 11 is 0. The Morgan fingerprint density at radius 3 is 1.67 bits per heavy atom. The fraction of sp³-hybridized carbons (Fsp3) is 0.500. The van der Waals surface area contributed by atoms with Gasteiger partial charge < -0.3 is 0 Å². The van der Waals surface area contributed by atoms with Gasteiger partial charge >= 0.3 is 0 Å². The van der Waals surface area contributed by atoms with Crippen LogP contribution in [0, 0.1) is 10.1 Å². The van der Waals surface area contributed by atoms with Gasteiger partial charge in [-0.2, -0.15) is 0 Å². The van der Waals surface area contributed by atoms with Gasteiger partial charge in [-0.3, -0.25) is 10.1 Å². The molecule has 1 aromatic carbocycles. The standard InChI is InChI=1S/C6H5NO2.C4H10.C2H6/c8-7(9)6-4-2-1-3-5-6;1-3-4-2;1-2/h1-5H;3-4H2,1-2H3;1-2H3. The van der Waals surface area contributed by atoms with Gasteiger partial charge in [0.25, 0.3) is 5.69 Å². The highest BCUT2D eigenvalue weighted by Crippen LogP contribution is 2.06. The predicted molar refractivity (Wildman–Crippen MR) is 65.0 cm³/mol. The second-order valence-electron chi connectivity index (χ2n) is 2.59. The Morgan fingerprint density at radius 2 is 1.47 bits per heavy atom. The number of nitro benzene ring substituents is 1. The minimum absolute atomic E-state index is 0.137. The summed E-state index contributed by atoms with van der Waals surface area (Å²) < 4.78 is 0. The Morgan fingerprint density at radius 1 is 1.07 bits per heavy atom. The molecule has 0 spiro atoms. The molecule has 3 heteroatoms. The maximum Gasteiger partial charge on any atom is 0.269 e. The molecule has 3 nitrogen and oxygen atoms in total. The van der Waals surface area contributed by atoms with E-state index in [9.17, 15) is 10.1 Å². The van der Waals surface area contributed by atoms with Crippen molar-refractivity contribution in [2.75, 3.05) is 0 Å². The summed E-state index contributed by atoms with van der Waals surface area (Å²) in [5.41, 5.74) is 0.137. The molecule has 1 aromatic rings. The smallest absolute Gasteiger partial charge is 0.258 e. The Bertz CT molecular complexity index is 233. The van der Waals surface area contributed by atoms with Crippen LogP contribution in [0.1, 0.15) is 40.5 Å². The highest BCUT2D eigenvalue weighted by Gasteiger charge is 1.98. The number of hydrogen-bond acceptors (Lipinski definition) is 2. The first-order valence-electron chi connectivity index (χ1n) is 5.41. The first-order valence-corrected chi connectivity index (χ1v) is 5.41. The van der Waals surface area contributed by atoms with Crippen LogP contribution < -0.4 is 0 Å². The normalized spacial score (nSPS) is 7.73. The predicted octanol–water partition coefficient (Wildman–Crippen LogP) is 4.43. The van der Waals surface area contributed by atoms with Crippen LogP contribution in [0.25, 0.3) is 0 Å². The molecule has 0 saturated heterocycles. The molecule has 0 saturated carbocycles. The zero-order valence-electron chi connectivity index (χ0n) is 10.1. The molecule has 0 aromatic heterocycles. The van der Waals surface area contributed by atoms with Crippen LogP contribution in [0.4, 0.5) is 5.69 Å². The number of benzene rings is 1. The van der Waals surface area contributed by atoms with Crippen LogP contribution >= 0.6 is 0 Å². The lowest BCUT2D eigenvalue weighted by atomic mass is 10.3. The van der Waals surface area contributed by atoms with E-state index < -0.39 is 4.92 Å². The molecular formula is C12H21NO2. The van der Waals surface area contributed by atoms with Gasteiger partial charge in [0.05, 0.1) is 4.92 Å². The average molecular weight is 211 g/mol. The third kappa shape index (κ3) is 10.5. The van der Waals surface area contributed by atoms with E-state index in [0.29, 0.717) is 0 Å². The number of non-ortho nitro benzene ring substituents is 1. The van der Waals surface area contributed by atoms with E-state index in [-0.39, 0.29) is 5.69 Å². The van der Waals surface area contributed by atoms with Gasteiger partial charge in [0, 0.05) is 12.1 Å². The van der Waals surface area contributed by atoms with Crippen molar-refractivity contribution in [3.63, 3.8) is 0 Å². The van der Waals surface area contributed by atoms with E-state index in [1.165, 1.54) is 25.0 Å². The van der Waals surface area contributed by atoms with Crippen molar-refractivity contribution in [2.45, 2.75) is 40.5 Å². The van der Waals surface area contributed by atoms with Crippen molar-refractivity contribution in [1.29, 1.82) is 0 Å². The third-order valence-electron chi connectivity index (χ3n) is 1.47. The molecule has 0 unspecified atom stereocenters. The zero-order valence-corrected chi connectivity index (χ0v) is 10.1. The Kier molecular flexibility index (Phi) is 13.5. The van der Waals surface area contributed by atoms with Crippen molar-refractivity contribution >= 4 is 5.69 Å². The summed E-state index contributed by atoms with van der Waals surface area (Å²) in [5, 5.41) is 10.0. The number of nitro groups is 1. The van der Waals surface area contributed by atoms with Gasteiger partial charge in [-0.05, 0) is 0 Å². The lowest BCUT2D eigenvalue weighted by Gasteiger charge is -1.85. The van der Waals surface area contributed by atoms with Crippen molar-refractivity contribution in [2.24, 2.45) is 0 Å². The van der Waals surface area contributed by atoms with E-state index in [1.54, 1.807) is 18.2 Å². The lowest BCUT2D eigenvalue weighted by Crippen LogP contribution is -1.84. The Hall–Kier alpha value is -1.38. The van der Waals surface area contributed by atoms with Crippen molar-refractivity contribution in [3.05, 3.63) is 40.4 Å². The summed E-state index contributed by atoms with van der Waals surface area (Å²) in [4.78, 5) is 9.59. The van der Waals surface area contributed by atoms with Gasteiger partial charge in [-0.1, -0.05) is 58.7 Å². The molecule has 0 aliphatic carbocycles. The third-order valence-corrected chi connectivity index (χ3v) is 1.47. The number of unbranched alkanes of at least 4 members (excludes halogenated alkanes) is 1. The van der Waals surface area contributed by atoms with E-state index >= 15 is 0 Å². The second kappa shape index (κ2) is 12.6. The molecule has 0 heterocycles. The van der Waals surface area contributed by atoms with Gasteiger partial charge in [0.15, 0.2) is 0 Å². The van der Waals surface area contributed by atoms with Gasteiger partial charge in [-0.15, -0.1) is 0 Å². The highest BCUT2D eigenvalue weighted by molar-refractivity contribution is 5.27.